The van der Waals surface area contributed by atoms with Crippen LogP contribution in [0.4, 0.5) is 0 Å². The van der Waals surface area contributed by atoms with Crippen molar-refractivity contribution in [1.29, 1.82) is 0 Å². The van der Waals surface area contributed by atoms with Gasteiger partial charge in [0, 0.05) is 12.8 Å². The second-order valence-electron chi connectivity index (χ2n) is 11.4. The van der Waals surface area contributed by atoms with Gasteiger partial charge < -0.3 is 41.5 Å². The fourth-order valence-corrected chi connectivity index (χ4v) is 5.27. The summed E-state index contributed by atoms with van der Waals surface area (Å²) in [6.45, 7) is 0.797. The third kappa shape index (κ3) is 10.7. The molecule has 2 aromatic rings. The summed E-state index contributed by atoms with van der Waals surface area (Å²) in [5.41, 5.74) is 1.45. The van der Waals surface area contributed by atoms with E-state index in [1.165, 1.54) is 0 Å². The molecular weight excluding hydrogens is 610 g/mol. The zero-order valence-electron chi connectivity index (χ0n) is 25.6. The number of rotatable bonds is 9. The number of fused-ring (bicyclic) bond motifs is 13. The van der Waals surface area contributed by atoms with Crippen LogP contribution >= 0.6 is 0 Å². The highest BCUT2D eigenvalue weighted by molar-refractivity contribution is 5.96. The Morgan fingerprint density at radius 2 is 1.64 bits per heavy atom. The van der Waals surface area contributed by atoms with Crippen molar-refractivity contribution in [2.24, 2.45) is 0 Å². The molecule has 1 saturated heterocycles. The van der Waals surface area contributed by atoms with Gasteiger partial charge in [0.05, 0.1) is 12.5 Å². The van der Waals surface area contributed by atoms with Crippen LogP contribution in [0.5, 0.6) is 5.75 Å². The summed E-state index contributed by atoms with van der Waals surface area (Å²) in [6, 6.07) is 10.1. The van der Waals surface area contributed by atoms with E-state index in [9.17, 15) is 33.9 Å². The highest BCUT2D eigenvalue weighted by Crippen LogP contribution is 2.15. The molecule has 0 spiro atoms. The van der Waals surface area contributed by atoms with Crippen molar-refractivity contribution in [2.45, 2.75) is 68.7 Å². The first kappa shape index (κ1) is 34.6. The molecule has 3 heterocycles. The highest BCUT2D eigenvalue weighted by atomic mass is 16.5. The number of amides is 4. The molecule has 0 radical (unpaired) electrons. The molecule has 2 aromatic carbocycles. The average molecular weight is 650 g/mol. The minimum atomic E-state index is -1.74. The maximum absolute atomic E-state index is 13.8. The number of ether oxygens (including phenoxy) is 1. The molecule has 47 heavy (non-hydrogen) atoms. The van der Waals surface area contributed by atoms with Crippen molar-refractivity contribution in [3.8, 4) is 5.75 Å². The number of aliphatic carboxylic acids is 2. The van der Waals surface area contributed by atoms with Gasteiger partial charge in [-0.05, 0) is 49.1 Å². The lowest BCUT2D eigenvalue weighted by Gasteiger charge is -2.26. The van der Waals surface area contributed by atoms with Crippen LogP contribution in [-0.2, 0) is 41.6 Å². The molecule has 5 rings (SSSR count). The van der Waals surface area contributed by atoms with Crippen molar-refractivity contribution in [3.05, 3.63) is 77.9 Å². The highest BCUT2D eigenvalue weighted by Gasteiger charge is 2.33. The maximum Gasteiger partial charge on any atom is 0.326 e. The van der Waals surface area contributed by atoms with E-state index < -0.39 is 66.3 Å². The molecule has 0 unspecified atom stereocenters. The Labute approximate surface area is 271 Å². The normalized spacial score (nSPS) is 23.2. The molecule has 4 amide bonds. The van der Waals surface area contributed by atoms with Crippen LogP contribution < -0.4 is 31.3 Å². The molecule has 2 bridgehead atoms. The van der Waals surface area contributed by atoms with Crippen LogP contribution in [0.3, 0.4) is 0 Å². The van der Waals surface area contributed by atoms with Gasteiger partial charge in [0.25, 0.3) is 0 Å². The van der Waals surface area contributed by atoms with E-state index in [0.29, 0.717) is 24.3 Å². The molecular formula is C33H39N5O9. The molecule has 1 fully saturated rings. The second kappa shape index (κ2) is 16.9. The minimum Gasteiger partial charge on any atom is -0.490 e. The Hall–Kier alpha value is -5.24. The van der Waals surface area contributed by atoms with Gasteiger partial charge in [-0.1, -0.05) is 54.6 Å². The van der Waals surface area contributed by atoms with Crippen LogP contribution in [-0.4, -0.2) is 89.1 Å². The monoisotopic (exact) mass is 649 g/mol. The largest absolute Gasteiger partial charge is 0.490 e. The number of hydrogen-bond acceptors (Lipinski definition) is 8. The van der Waals surface area contributed by atoms with E-state index in [1.54, 1.807) is 66.7 Å². The lowest BCUT2D eigenvalue weighted by atomic mass is 10.0. The van der Waals surface area contributed by atoms with E-state index in [0.717, 1.165) is 12.0 Å². The summed E-state index contributed by atoms with van der Waals surface area (Å²) in [4.78, 5) is 76.8. The van der Waals surface area contributed by atoms with Crippen LogP contribution in [0.2, 0.25) is 0 Å². The topological polar surface area (TPSA) is 212 Å². The lowest BCUT2D eigenvalue weighted by Crippen LogP contribution is -2.59. The summed E-state index contributed by atoms with van der Waals surface area (Å²) in [5.74, 6) is -5.08. The third-order valence-electron chi connectivity index (χ3n) is 7.80. The van der Waals surface area contributed by atoms with Crippen LogP contribution in [0.1, 0.15) is 36.8 Å². The SMILES string of the molecule is O=C(O)C[C@H](NC(=O)[C@@H]1C/C=C/COc2ccc(cc2)C[C@H](NC(=O)[C@@H]2CCCN2)C(=O)N[C@@H](Cc2ccccc2)C(=O)N1)C(=O)O. The Kier molecular flexibility index (Phi) is 12.4. The molecule has 0 saturated carbocycles. The summed E-state index contributed by atoms with van der Waals surface area (Å²) < 4.78 is 5.73. The van der Waals surface area contributed by atoms with Crippen molar-refractivity contribution < 1.29 is 43.7 Å². The molecule has 3 aliphatic rings. The van der Waals surface area contributed by atoms with Crippen molar-refractivity contribution in [1.82, 2.24) is 26.6 Å². The van der Waals surface area contributed by atoms with Crippen LogP contribution in [0, 0.1) is 0 Å². The van der Waals surface area contributed by atoms with Gasteiger partial charge in [0.1, 0.15) is 36.5 Å². The van der Waals surface area contributed by atoms with Gasteiger partial charge in [-0.3, -0.25) is 24.0 Å². The van der Waals surface area contributed by atoms with Crippen molar-refractivity contribution in [3.63, 3.8) is 0 Å². The molecule has 250 valence electrons. The molecule has 0 aromatic heterocycles. The number of nitrogens with one attached hydrogen (secondary N) is 5. The fourth-order valence-electron chi connectivity index (χ4n) is 5.27. The number of carbonyl (C=O) groups excluding carboxylic acids is 4. The van der Waals surface area contributed by atoms with Crippen LogP contribution in [0.15, 0.2) is 66.7 Å². The van der Waals surface area contributed by atoms with Crippen molar-refractivity contribution >= 4 is 35.6 Å². The third-order valence-corrected chi connectivity index (χ3v) is 7.80. The smallest absolute Gasteiger partial charge is 0.326 e. The first-order valence-electron chi connectivity index (χ1n) is 15.4. The predicted octanol–water partition coefficient (Wildman–Crippen LogP) is 0.0610. The van der Waals surface area contributed by atoms with Gasteiger partial charge in [0.15, 0.2) is 0 Å². The van der Waals surface area contributed by atoms with Crippen LogP contribution in [0.25, 0.3) is 0 Å². The Morgan fingerprint density at radius 1 is 0.894 bits per heavy atom. The standard InChI is InChI=1S/C33H39N5O9/c39-28(40)19-27(33(45)46)38-30(42)24-9-4-5-16-47-22-13-11-21(12-14-22)18-26(36-29(41)23-10-6-15-34-23)32(44)37-25(31(43)35-24)17-20-7-2-1-3-8-20/h1-5,7-8,11-14,23-27,34H,6,9-10,15-19H2,(H,35,43)(H,36,41)(H,37,44)(H,38,42)(H,39,40)(H,45,46)/b5-4+/t23-,24-,25-,26-,27-/m0/s1. The summed E-state index contributed by atoms with van der Waals surface area (Å²) in [6.07, 6.45) is 3.81. The summed E-state index contributed by atoms with van der Waals surface area (Å²) in [7, 11) is 0. The van der Waals surface area contributed by atoms with Gasteiger partial charge in [-0.25, -0.2) is 4.79 Å². The number of carboxylic acid groups (broad SMARTS) is 2. The van der Waals surface area contributed by atoms with Gasteiger partial charge in [-0.15, -0.1) is 0 Å². The lowest BCUT2D eigenvalue weighted by molar-refractivity contribution is -0.147. The van der Waals surface area contributed by atoms with Crippen molar-refractivity contribution in [2.75, 3.05) is 13.2 Å². The fraction of sp³-hybridized carbons (Fsp3) is 0.394. The zero-order chi connectivity index (χ0) is 33.8. The van der Waals surface area contributed by atoms with Gasteiger partial charge >= 0.3 is 11.9 Å². The summed E-state index contributed by atoms with van der Waals surface area (Å²) >= 11 is 0. The number of benzene rings is 2. The molecule has 14 nitrogen and oxygen atoms in total. The predicted molar refractivity (Wildman–Crippen MR) is 168 cm³/mol. The Morgan fingerprint density at radius 3 is 2.30 bits per heavy atom. The quantitative estimate of drug-likeness (QED) is 0.182. The molecule has 7 N–H and O–H groups in total. The summed E-state index contributed by atoms with van der Waals surface area (Å²) in [5, 5.41) is 32.0. The van der Waals surface area contributed by atoms with E-state index in [1.807, 2.05) is 0 Å². The number of carbonyl (C=O) groups is 6. The molecule has 3 aliphatic heterocycles. The average Bonchev–Trinajstić information content (AvgIpc) is 3.59. The molecule has 14 heteroatoms. The zero-order valence-corrected chi connectivity index (χ0v) is 25.6. The Bertz CT molecular complexity index is 1460. The van der Waals surface area contributed by atoms with E-state index in [-0.39, 0.29) is 31.8 Å². The van der Waals surface area contributed by atoms with E-state index in [2.05, 4.69) is 26.6 Å². The van der Waals surface area contributed by atoms with Gasteiger partial charge in [-0.2, -0.15) is 0 Å². The first-order chi connectivity index (χ1) is 22.6. The Balaban J connectivity index is 1.65. The second-order valence-corrected chi connectivity index (χ2v) is 11.4. The van der Waals surface area contributed by atoms with Gasteiger partial charge in [0.2, 0.25) is 23.6 Å². The van der Waals surface area contributed by atoms with E-state index in [4.69, 9.17) is 9.84 Å². The maximum atomic E-state index is 13.8. The molecule has 0 aliphatic carbocycles. The molecule has 5 atom stereocenters. The first-order valence-corrected chi connectivity index (χ1v) is 15.4. The number of hydrogen-bond donors (Lipinski definition) is 7. The number of carboxylic acids is 2. The van der Waals surface area contributed by atoms with E-state index >= 15 is 0 Å². The minimum absolute atomic E-state index is 0.0345.